The molecule has 0 saturated carbocycles. The fourth-order valence-electron chi connectivity index (χ4n) is 1.60. The third-order valence-electron chi connectivity index (χ3n) is 2.45. The van der Waals surface area contributed by atoms with Gasteiger partial charge in [0.1, 0.15) is 0 Å². The summed E-state index contributed by atoms with van der Waals surface area (Å²) in [5.74, 6) is 0. The van der Waals surface area contributed by atoms with Crippen molar-refractivity contribution in [3.05, 3.63) is 52.5 Å². The van der Waals surface area contributed by atoms with Crippen molar-refractivity contribution in [1.82, 2.24) is 0 Å². The third-order valence-corrected chi connectivity index (χ3v) is 3.09. The SMILES string of the molecule is OB(O)c1cc(Cl)c(-c2ccccc2)cc1Cl. The molecule has 0 heterocycles. The molecule has 2 N–H and O–H groups in total. The van der Waals surface area contributed by atoms with Crippen molar-refractivity contribution in [2.24, 2.45) is 0 Å². The molecule has 17 heavy (non-hydrogen) atoms. The summed E-state index contributed by atoms with van der Waals surface area (Å²) in [5.41, 5.74) is 1.90. The maximum atomic E-state index is 9.10. The Morgan fingerprint density at radius 2 is 1.53 bits per heavy atom. The van der Waals surface area contributed by atoms with Crippen molar-refractivity contribution in [2.75, 3.05) is 0 Å². The minimum absolute atomic E-state index is 0.205. The van der Waals surface area contributed by atoms with E-state index in [9.17, 15) is 0 Å². The predicted octanol–water partition coefficient (Wildman–Crippen LogP) is 2.34. The number of hydrogen-bond acceptors (Lipinski definition) is 2. The highest BCUT2D eigenvalue weighted by atomic mass is 35.5. The summed E-state index contributed by atoms with van der Waals surface area (Å²) in [6.45, 7) is 0. The maximum absolute atomic E-state index is 9.10. The lowest BCUT2D eigenvalue weighted by Gasteiger charge is -2.09. The molecule has 0 atom stereocenters. The lowest BCUT2D eigenvalue weighted by Crippen LogP contribution is -2.30. The van der Waals surface area contributed by atoms with E-state index < -0.39 is 7.12 Å². The smallest absolute Gasteiger partial charge is 0.423 e. The quantitative estimate of drug-likeness (QED) is 0.820. The fourth-order valence-corrected chi connectivity index (χ4v) is 2.14. The van der Waals surface area contributed by atoms with Crippen molar-refractivity contribution >= 4 is 35.8 Å². The lowest BCUT2D eigenvalue weighted by atomic mass is 9.79. The Morgan fingerprint density at radius 1 is 0.882 bits per heavy atom. The topological polar surface area (TPSA) is 40.5 Å². The van der Waals surface area contributed by atoms with Crippen molar-refractivity contribution in [3.63, 3.8) is 0 Å². The van der Waals surface area contributed by atoms with Crippen molar-refractivity contribution < 1.29 is 10.0 Å². The highest BCUT2D eigenvalue weighted by Crippen LogP contribution is 2.29. The van der Waals surface area contributed by atoms with Crippen LogP contribution < -0.4 is 5.46 Å². The van der Waals surface area contributed by atoms with Gasteiger partial charge < -0.3 is 10.0 Å². The van der Waals surface area contributed by atoms with Crippen LogP contribution in [0.2, 0.25) is 10.0 Å². The summed E-state index contributed by atoms with van der Waals surface area (Å²) in [6.07, 6.45) is 0. The Balaban J connectivity index is 2.55. The molecule has 2 rings (SSSR count). The Kier molecular flexibility index (Phi) is 3.74. The summed E-state index contributed by atoms with van der Waals surface area (Å²) in [4.78, 5) is 0. The minimum atomic E-state index is -1.62. The standard InChI is InChI=1S/C12H9BCl2O2/c14-11-7-10(13(16)17)12(15)6-9(11)8-4-2-1-3-5-8/h1-7,16-17H. The van der Waals surface area contributed by atoms with Crippen molar-refractivity contribution in [2.45, 2.75) is 0 Å². The Morgan fingerprint density at radius 3 is 2.12 bits per heavy atom. The monoisotopic (exact) mass is 266 g/mol. The van der Waals surface area contributed by atoms with E-state index in [0.717, 1.165) is 11.1 Å². The molecule has 86 valence electrons. The molecule has 0 spiro atoms. The Labute approximate surface area is 110 Å². The molecule has 0 aliphatic rings. The van der Waals surface area contributed by atoms with Gasteiger partial charge in [0.05, 0.1) is 0 Å². The van der Waals surface area contributed by atoms with Crippen LogP contribution in [0.3, 0.4) is 0 Å². The third kappa shape index (κ3) is 2.64. The van der Waals surface area contributed by atoms with Crippen LogP contribution in [0, 0.1) is 0 Å². The van der Waals surface area contributed by atoms with Crippen LogP contribution in [0.25, 0.3) is 11.1 Å². The summed E-state index contributed by atoms with van der Waals surface area (Å²) in [5, 5.41) is 18.9. The molecule has 0 aromatic heterocycles. The molecular weight excluding hydrogens is 258 g/mol. The van der Waals surface area contributed by atoms with Gasteiger partial charge in [-0.15, -0.1) is 0 Å². The maximum Gasteiger partial charge on any atom is 0.490 e. The van der Waals surface area contributed by atoms with Crippen LogP contribution in [-0.4, -0.2) is 17.2 Å². The summed E-state index contributed by atoms with van der Waals surface area (Å²) >= 11 is 12.1. The van der Waals surface area contributed by atoms with Crippen LogP contribution in [0.1, 0.15) is 0 Å². The minimum Gasteiger partial charge on any atom is -0.423 e. The first-order valence-corrected chi connectivity index (χ1v) is 5.75. The molecule has 0 fully saturated rings. The molecule has 2 nitrogen and oxygen atoms in total. The van der Waals surface area contributed by atoms with Gasteiger partial charge in [-0.1, -0.05) is 53.5 Å². The van der Waals surface area contributed by atoms with Gasteiger partial charge in [0, 0.05) is 21.1 Å². The number of rotatable bonds is 2. The highest BCUT2D eigenvalue weighted by molar-refractivity contribution is 6.63. The van der Waals surface area contributed by atoms with Crippen LogP contribution in [0.15, 0.2) is 42.5 Å². The molecule has 0 amide bonds. The highest BCUT2D eigenvalue weighted by Gasteiger charge is 2.18. The molecular formula is C12H9BCl2O2. The number of benzene rings is 2. The molecule has 2 aromatic rings. The number of hydrogen-bond donors (Lipinski definition) is 2. The average molecular weight is 267 g/mol. The van der Waals surface area contributed by atoms with E-state index in [1.807, 2.05) is 30.3 Å². The summed E-state index contributed by atoms with van der Waals surface area (Å²) < 4.78 is 0. The van der Waals surface area contributed by atoms with E-state index in [2.05, 4.69) is 0 Å². The van der Waals surface area contributed by atoms with E-state index in [1.54, 1.807) is 6.07 Å². The van der Waals surface area contributed by atoms with E-state index in [0.29, 0.717) is 5.02 Å². The zero-order chi connectivity index (χ0) is 12.4. The second kappa shape index (κ2) is 5.11. The van der Waals surface area contributed by atoms with Gasteiger partial charge in [-0.2, -0.15) is 0 Å². The van der Waals surface area contributed by atoms with Crippen LogP contribution in [0.4, 0.5) is 0 Å². The molecule has 0 aliphatic heterocycles. The van der Waals surface area contributed by atoms with Gasteiger partial charge in [0.15, 0.2) is 0 Å². The lowest BCUT2D eigenvalue weighted by molar-refractivity contribution is 0.426. The van der Waals surface area contributed by atoms with Crippen LogP contribution in [0.5, 0.6) is 0 Å². The average Bonchev–Trinajstić information content (AvgIpc) is 2.32. The molecule has 5 heteroatoms. The molecule has 2 aromatic carbocycles. The van der Waals surface area contributed by atoms with Crippen LogP contribution in [-0.2, 0) is 0 Å². The second-order valence-corrected chi connectivity index (χ2v) is 4.41. The molecule has 0 aliphatic carbocycles. The van der Waals surface area contributed by atoms with Gasteiger partial charge in [-0.25, -0.2) is 0 Å². The van der Waals surface area contributed by atoms with Gasteiger partial charge >= 0.3 is 7.12 Å². The zero-order valence-corrected chi connectivity index (χ0v) is 10.3. The predicted molar refractivity (Wildman–Crippen MR) is 71.7 cm³/mol. The summed E-state index contributed by atoms with van der Waals surface area (Å²) in [7, 11) is -1.62. The first kappa shape index (κ1) is 12.5. The van der Waals surface area contributed by atoms with Gasteiger partial charge in [0.25, 0.3) is 0 Å². The van der Waals surface area contributed by atoms with Gasteiger partial charge in [0.2, 0.25) is 0 Å². The van der Waals surface area contributed by atoms with E-state index >= 15 is 0 Å². The van der Waals surface area contributed by atoms with E-state index in [1.165, 1.54) is 6.07 Å². The Bertz CT molecular complexity index is 530. The Hall–Kier alpha value is -0.995. The van der Waals surface area contributed by atoms with E-state index in [-0.39, 0.29) is 10.5 Å². The van der Waals surface area contributed by atoms with Crippen molar-refractivity contribution in [1.29, 1.82) is 0 Å². The van der Waals surface area contributed by atoms with Crippen LogP contribution >= 0.6 is 23.2 Å². The molecule has 0 saturated heterocycles. The van der Waals surface area contributed by atoms with Crippen molar-refractivity contribution in [3.8, 4) is 11.1 Å². The first-order chi connectivity index (χ1) is 8.09. The molecule has 0 unspecified atom stereocenters. The van der Waals surface area contributed by atoms with E-state index in [4.69, 9.17) is 33.2 Å². The van der Waals surface area contributed by atoms with Gasteiger partial charge in [-0.3, -0.25) is 0 Å². The number of halogens is 2. The zero-order valence-electron chi connectivity index (χ0n) is 8.77. The first-order valence-electron chi connectivity index (χ1n) is 5.00. The molecule has 0 radical (unpaired) electrons. The normalized spacial score (nSPS) is 10.4. The molecule has 0 bridgehead atoms. The van der Waals surface area contributed by atoms with Gasteiger partial charge in [-0.05, 0) is 17.7 Å². The largest absolute Gasteiger partial charge is 0.490 e. The summed E-state index contributed by atoms with van der Waals surface area (Å²) in [6, 6.07) is 12.6. The fraction of sp³-hybridized carbons (Fsp3) is 0. The second-order valence-electron chi connectivity index (χ2n) is 3.59.